The second kappa shape index (κ2) is 7.26. The molecule has 2 heterocycles. The second-order valence-corrected chi connectivity index (χ2v) is 6.46. The third-order valence-corrected chi connectivity index (χ3v) is 3.87. The Morgan fingerprint density at radius 1 is 1.32 bits per heavy atom. The molecule has 2 unspecified atom stereocenters. The molecule has 1 aliphatic rings. The predicted octanol–water partition coefficient (Wildman–Crippen LogP) is 0.725. The van der Waals surface area contributed by atoms with Gasteiger partial charge in [0, 0.05) is 44.5 Å². The van der Waals surface area contributed by atoms with Crippen molar-refractivity contribution < 1.29 is 9.84 Å². The van der Waals surface area contributed by atoms with E-state index in [4.69, 9.17) is 4.74 Å². The Balaban J connectivity index is 2.17. The van der Waals surface area contributed by atoms with Crippen LogP contribution >= 0.6 is 0 Å². The average molecular weight is 309 g/mol. The first-order valence-electron chi connectivity index (χ1n) is 7.80. The van der Waals surface area contributed by atoms with E-state index in [0.717, 1.165) is 31.9 Å². The number of ether oxygens (including phenoxy) is 1. The van der Waals surface area contributed by atoms with Crippen LogP contribution in [0.1, 0.15) is 19.5 Å². The Morgan fingerprint density at radius 2 is 1.95 bits per heavy atom. The summed E-state index contributed by atoms with van der Waals surface area (Å²) in [7, 11) is 4.01. The van der Waals surface area contributed by atoms with Crippen molar-refractivity contribution in [3.63, 3.8) is 0 Å². The van der Waals surface area contributed by atoms with E-state index in [1.165, 1.54) is 0 Å². The minimum absolute atomic E-state index is 0.189. The summed E-state index contributed by atoms with van der Waals surface area (Å²) < 4.78 is 7.72. The molecule has 1 N–H and O–H groups in total. The molecule has 0 spiro atoms. The summed E-state index contributed by atoms with van der Waals surface area (Å²) in [6, 6.07) is 1.55. The highest BCUT2D eigenvalue weighted by Gasteiger charge is 2.23. The van der Waals surface area contributed by atoms with Crippen molar-refractivity contribution in [1.29, 1.82) is 0 Å². The standard InChI is InChI=1S/C16H27N3O3/c1-12-8-18(9-13(2)22-12)10-14-7-15(20)16(21)11-19(14)6-5-17(3)4/h7,11-13,21H,5-6,8-10H2,1-4H3. The SMILES string of the molecule is CC1CN(Cc2cc(=O)c(O)cn2CCN(C)C)CC(C)O1. The lowest BCUT2D eigenvalue weighted by Gasteiger charge is -2.35. The van der Waals surface area contributed by atoms with Gasteiger partial charge in [0.2, 0.25) is 5.43 Å². The van der Waals surface area contributed by atoms with Gasteiger partial charge in [-0.2, -0.15) is 0 Å². The number of rotatable bonds is 5. The number of nitrogens with zero attached hydrogens (tertiary/aromatic N) is 3. The fourth-order valence-corrected chi connectivity index (χ4v) is 2.90. The van der Waals surface area contributed by atoms with Crippen LogP contribution in [-0.4, -0.2) is 65.4 Å². The fraction of sp³-hybridized carbons (Fsp3) is 0.688. The lowest BCUT2D eigenvalue weighted by Crippen LogP contribution is -2.45. The molecule has 0 amide bonds. The highest BCUT2D eigenvalue weighted by molar-refractivity contribution is 5.20. The van der Waals surface area contributed by atoms with E-state index < -0.39 is 0 Å². The summed E-state index contributed by atoms with van der Waals surface area (Å²) in [6.45, 7) is 8.13. The maximum absolute atomic E-state index is 11.8. The zero-order valence-corrected chi connectivity index (χ0v) is 14.0. The smallest absolute Gasteiger partial charge is 0.223 e. The van der Waals surface area contributed by atoms with Gasteiger partial charge in [-0.3, -0.25) is 9.69 Å². The molecule has 1 aliphatic heterocycles. The first-order valence-corrected chi connectivity index (χ1v) is 7.80. The highest BCUT2D eigenvalue weighted by atomic mass is 16.5. The highest BCUT2D eigenvalue weighted by Crippen LogP contribution is 2.15. The van der Waals surface area contributed by atoms with E-state index in [1.807, 2.05) is 18.7 Å². The molecule has 0 saturated carbocycles. The van der Waals surface area contributed by atoms with Crippen LogP contribution in [0.25, 0.3) is 0 Å². The number of hydrogen-bond donors (Lipinski definition) is 1. The quantitative estimate of drug-likeness (QED) is 0.869. The van der Waals surface area contributed by atoms with Gasteiger partial charge in [-0.05, 0) is 27.9 Å². The van der Waals surface area contributed by atoms with Gasteiger partial charge in [-0.25, -0.2) is 0 Å². The molecule has 124 valence electrons. The second-order valence-electron chi connectivity index (χ2n) is 6.46. The summed E-state index contributed by atoms with van der Waals surface area (Å²) in [5.74, 6) is -0.189. The third-order valence-electron chi connectivity index (χ3n) is 3.87. The molecule has 6 heteroatoms. The Morgan fingerprint density at radius 3 is 2.55 bits per heavy atom. The average Bonchev–Trinajstić information content (AvgIpc) is 2.39. The number of aromatic hydroxyl groups is 1. The van der Waals surface area contributed by atoms with E-state index in [1.54, 1.807) is 12.3 Å². The van der Waals surface area contributed by atoms with Gasteiger partial charge in [-0.1, -0.05) is 0 Å². The molecule has 22 heavy (non-hydrogen) atoms. The van der Waals surface area contributed by atoms with Crippen molar-refractivity contribution in [2.75, 3.05) is 33.7 Å². The minimum atomic E-state index is -0.314. The molecule has 0 aliphatic carbocycles. The lowest BCUT2D eigenvalue weighted by molar-refractivity contribution is -0.0710. The van der Waals surface area contributed by atoms with Crippen molar-refractivity contribution in [1.82, 2.24) is 14.4 Å². The molecule has 0 radical (unpaired) electrons. The van der Waals surface area contributed by atoms with Crippen molar-refractivity contribution in [2.24, 2.45) is 0 Å². The van der Waals surface area contributed by atoms with Crippen LogP contribution in [0.4, 0.5) is 0 Å². The summed E-state index contributed by atoms with van der Waals surface area (Å²) in [5, 5.41) is 9.70. The molecule has 1 saturated heterocycles. The van der Waals surface area contributed by atoms with E-state index >= 15 is 0 Å². The molecular formula is C16H27N3O3. The van der Waals surface area contributed by atoms with Crippen LogP contribution in [0.3, 0.4) is 0 Å². The molecule has 2 rings (SSSR count). The number of likely N-dealkylation sites (N-methyl/N-ethyl adjacent to an activating group) is 1. The topological polar surface area (TPSA) is 57.9 Å². The Hall–Kier alpha value is -1.37. The van der Waals surface area contributed by atoms with Gasteiger partial charge in [-0.15, -0.1) is 0 Å². The maximum atomic E-state index is 11.8. The van der Waals surface area contributed by atoms with Gasteiger partial charge in [0.25, 0.3) is 0 Å². The summed E-state index contributed by atoms with van der Waals surface area (Å²) in [4.78, 5) is 16.2. The van der Waals surface area contributed by atoms with Gasteiger partial charge >= 0.3 is 0 Å². The molecule has 0 bridgehead atoms. The predicted molar refractivity (Wildman–Crippen MR) is 86.2 cm³/mol. The molecule has 0 aromatic carbocycles. The molecule has 1 aromatic heterocycles. The normalized spacial score (nSPS) is 23.1. The summed E-state index contributed by atoms with van der Waals surface area (Å²) in [5.41, 5.74) is 0.622. The van der Waals surface area contributed by atoms with E-state index in [-0.39, 0.29) is 23.4 Å². The van der Waals surface area contributed by atoms with E-state index in [2.05, 4.69) is 23.6 Å². The molecule has 6 nitrogen and oxygen atoms in total. The summed E-state index contributed by atoms with van der Waals surface area (Å²) in [6.07, 6.45) is 1.94. The number of hydrogen-bond acceptors (Lipinski definition) is 5. The zero-order chi connectivity index (χ0) is 16.3. The molecule has 1 fully saturated rings. The van der Waals surface area contributed by atoms with Crippen molar-refractivity contribution >= 4 is 0 Å². The largest absolute Gasteiger partial charge is 0.503 e. The van der Waals surface area contributed by atoms with Crippen LogP contribution < -0.4 is 5.43 Å². The number of aromatic nitrogens is 1. The minimum Gasteiger partial charge on any atom is -0.503 e. The maximum Gasteiger partial charge on any atom is 0.223 e. The van der Waals surface area contributed by atoms with Crippen molar-refractivity contribution in [2.45, 2.75) is 39.1 Å². The van der Waals surface area contributed by atoms with Gasteiger partial charge in [0.05, 0.1) is 18.4 Å². The third kappa shape index (κ3) is 4.56. The summed E-state index contributed by atoms with van der Waals surface area (Å²) >= 11 is 0. The van der Waals surface area contributed by atoms with Gasteiger partial charge in [0.1, 0.15) is 0 Å². The van der Waals surface area contributed by atoms with Gasteiger partial charge < -0.3 is 19.3 Å². The van der Waals surface area contributed by atoms with Crippen LogP contribution in [0.15, 0.2) is 17.1 Å². The Kier molecular flexibility index (Phi) is 5.61. The zero-order valence-electron chi connectivity index (χ0n) is 14.0. The molecule has 1 aromatic rings. The van der Waals surface area contributed by atoms with Crippen LogP contribution in [0.5, 0.6) is 5.75 Å². The Labute approximate surface area is 131 Å². The Bertz CT molecular complexity index is 546. The van der Waals surface area contributed by atoms with Crippen molar-refractivity contribution in [3.05, 3.63) is 28.2 Å². The lowest BCUT2D eigenvalue weighted by atomic mass is 10.2. The first kappa shape index (κ1) is 17.0. The number of pyridine rings is 1. The number of morpholine rings is 1. The fourth-order valence-electron chi connectivity index (χ4n) is 2.90. The monoisotopic (exact) mass is 309 g/mol. The van der Waals surface area contributed by atoms with E-state index in [9.17, 15) is 9.90 Å². The molecule has 2 atom stereocenters. The van der Waals surface area contributed by atoms with Gasteiger partial charge in [0.15, 0.2) is 5.75 Å². The van der Waals surface area contributed by atoms with Crippen molar-refractivity contribution in [3.8, 4) is 5.75 Å². The van der Waals surface area contributed by atoms with E-state index in [0.29, 0.717) is 6.54 Å². The molecular weight excluding hydrogens is 282 g/mol. The first-order chi connectivity index (χ1) is 10.3. The van der Waals surface area contributed by atoms with Crippen LogP contribution in [-0.2, 0) is 17.8 Å². The van der Waals surface area contributed by atoms with Crippen LogP contribution in [0, 0.1) is 0 Å². The van der Waals surface area contributed by atoms with Crippen LogP contribution in [0.2, 0.25) is 0 Å².